The van der Waals surface area contributed by atoms with E-state index in [9.17, 15) is 18.0 Å². The number of ether oxygens (including phenoxy) is 1. The van der Waals surface area contributed by atoms with Crippen LogP contribution in [0.1, 0.15) is 22.8 Å². The molecule has 0 unspecified atom stereocenters. The lowest BCUT2D eigenvalue weighted by molar-refractivity contribution is -0.154. The number of hydrogen-bond donors (Lipinski definition) is 2. The highest BCUT2D eigenvalue weighted by atomic mass is 19.4. The summed E-state index contributed by atoms with van der Waals surface area (Å²) in [5, 5.41) is 5.77. The Bertz CT molecular complexity index is 705. The van der Waals surface area contributed by atoms with Crippen LogP contribution in [0.3, 0.4) is 0 Å². The molecular weight excluding hydrogens is 337 g/mol. The van der Waals surface area contributed by atoms with Crippen molar-refractivity contribution in [1.29, 1.82) is 0 Å². The fourth-order valence-electron chi connectivity index (χ4n) is 1.90. The lowest BCUT2D eigenvalue weighted by atomic mass is 10.2. The highest BCUT2D eigenvalue weighted by Gasteiger charge is 2.28. The molecule has 0 bridgehead atoms. The average Bonchev–Trinajstić information content (AvgIpc) is 2.58. The SMILES string of the molecule is CCNc1cc(CNC(=O)c2ccc(OCC(F)(F)F)nc2)ccn1. The zero-order valence-electron chi connectivity index (χ0n) is 13.4. The molecule has 1 amide bonds. The minimum atomic E-state index is -4.44. The van der Waals surface area contributed by atoms with Crippen LogP contribution in [0.4, 0.5) is 19.0 Å². The molecule has 0 saturated carbocycles. The van der Waals surface area contributed by atoms with E-state index in [1.165, 1.54) is 12.1 Å². The lowest BCUT2D eigenvalue weighted by Crippen LogP contribution is -2.23. The molecule has 2 aromatic heterocycles. The van der Waals surface area contributed by atoms with Crippen LogP contribution in [0.15, 0.2) is 36.7 Å². The first kappa shape index (κ1) is 18.5. The summed E-state index contributed by atoms with van der Waals surface area (Å²) in [6.45, 7) is 1.54. The fourth-order valence-corrected chi connectivity index (χ4v) is 1.90. The number of carbonyl (C=O) groups is 1. The third-order valence-electron chi connectivity index (χ3n) is 3.02. The van der Waals surface area contributed by atoms with Crippen molar-refractivity contribution in [2.24, 2.45) is 0 Å². The summed E-state index contributed by atoms with van der Waals surface area (Å²) in [6, 6.07) is 6.16. The van der Waals surface area contributed by atoms with Gasteiger partial charge in [0, 0.05) is 31.5 Å². The maximum Gasteiger partial charge on any atom is 0.422 e. The van der Waals surface area contributed by atoms with Crippen molar-refractivity contribution in [3.8, 4) is 5.88 Å². The van der Waals surface area contributed by atoms with Crippen molar-refractivity contribution >= 4 is 11.7 Å². The summed E-state index contributed by atoms with van der Waals surface area (Å²) in [4.78, 5) is 19.9. The van der Waals surface area contributed by atoms with Gasteiger partial charge < -0.3 is 15.4 Å². The molecule has 134 valence electrons. The Morgan fingerprint density at radius 2 is 2.04 bits per heavy atom. The van der Waals surface area contributed by atoms with E-state index in [0.717, 1.165) is 18.3 Å². The Labute approximate surface area is 142 Å². The first-order valence-electron chi connectivity index (χ1n) is 7.50. The monoisotopic (exact) mass is 354 g/mol. The Morgan fingerprint density at radius 1 is 1.24 bits per heavy atom. The molecule has 0 aliphatic rings. The maximum absolute atomic E-state index is 12.1. The van der Waals surface area contributed by atoms with Crippen molar-refractivity contribution < 1.29 is 22.7 Å². The van der Waals surface area contributed by atoms with E-state index in [0.29, 0.717) is 5.82 Å². The number of alkyl halides is 3. The highest BCUT2D eigenvalue weighted by molar-refractivity contribution is 5.93. The number of hydrogen-bond acceptors (Lipinski definition) is 5. The van der Waals surface area contributed by atoms with E-state index in [1.54, 1.807) is 12.3 Å². The number of rotatable bonds is 7. The number of amides is 1. The largest absolute Gasteiger partial charge is 0.468 e. The molecule has 6 nitrogen and oxygen atoms in total. The van der Waals surface area contributed by atoms with Gasteiger partial charge in [-0.15, -0.1) is 0 Å². The zero-order chi connectivity index (χ0) is 18.3. The maximum atomic E-state index is 12.1. The van der Waals surface area contributed by atoms with Gasteiger partial charge in [-0.25, -0.2) is 9.97 Å². The van der Waals surface area contributed by atoms with E-state index < -0.39 is 18.7 Å². The van der Waals surface area contributed by atoms with Gasteiger partial charge in [0.25, 0.3) is 5.91 Å². The third-order valence-corrected chi connectivity index (χ3v) is 3.02. The topological polar surface area (TPSA) is 76.1 Å². The summed E-state index contributed by atoms with van der Waals surface area (Å²) in [5.41, 5.74) is 1.08. The minimum absolute atomic E-state index is 0.196. The first-order valence-corrected chi connectivity index (χ1v) is 7.50. The molecular formula is C16H17F3N4O2. The van der Waals surface area contributed by atoms with Crippen LogP contribution in [0.25, 0.3) is 0 Å². The summed E-state index contributed by atoms with van der Waals surface area (Å²) in [5.74, 6) is 0.122. The quantitative estimate of drug-likeness (QED) is 0.800. The molecule has 2 rings (SSSR count). The Morgan fingerprint density at radius 3 is 2.68 bits per heavy atom. The molecule has 2 heterocycles. The number of anilines is 1. The second kappa shape index (κ2) is 8.32. The molecule has 0 aliphatic carbocycles. The van der Waals surface area contributed by atoms with E-state index >= 15 is 0 Å². The predicted octanol–water partition coefficient (Wildman–Crippen LogP) is 2.78. The molecule has 0 fully saturated rings. The average molecular weight is 354 g/mol. The van der Waals surface area contributed by atoms with Crippen LogP contribution in [-0.4, -0.2) is 35.2 Å². The van der Waals surface area contributed by atoms with Crippen LogP contribution in [0.2, 0.25) is 0 Å². The molecule has 0 aliphatic heterocycles. The minimum Gasteiger partial charge on any atom is -0.468 e. The van der Waals surface area contributed by atoms with Crippen LogP contribution in [-0.2, 0) is 6.54 Å². The van der Waals surface area contributed by atoms with Gasteiger partial charge in [0.1, 0.15) is 5.82 Å². The summed E-state index contributed by atoms with van der Waals surface area (Å²) >= 11 is 0. The second-order valence-corrected chi connectivity index (χ2v) is 5.05. The van der Waals surface area contributed by atoms with Crippen molar-refractivity contribution in [3.63, 3.8) is 0 Å². The summed E-state index contributed by atoms with van der Waals surface area (Å²) in [6.07, 6.45) is -1.64. The molecule has 0 aromatic carbocycles. The number of halogens is 3. The predicted molar refractivity (Wildman–Crippen MR) is 85.4 cm³/mol. The number of nitrogens with zero attached hydrogens (tertiary/aromatic N) is 2. The molecule has 0 radical (unpaired) electrons. The van der Waals surface area contributed by atoms with E-state index in [-0.39, 0.29) is 18.0 Å². The standard InChI is InChI=1S/C16H17F3N4O2/c1-2-20-13-7-11(5-6-21-13)8-23-15(24)12-3-4-14(22-9-12)25-10-16(17,18)19/h3-7,9H,2,8,10H2,1H3,(H,20,21)(H,23,24). The molecule has 2 aromatic rings. The Balaban J connectivity index is 1.89. The molecule has 0 saturated heterocycles. The van der Waals surface area contributed by atoms with Crippen molar-refractivity contribution in [2.75, 3.05) is 18.5 Å². The smallest absolute Gasteiger partial charge is 0.422 e. The molecule has 25 heavy (non-hydrogen) atoms. The van der Waals surface area contributed by atoms with Gasteiger partial charge in [0.15, 0.2) is 6.61 Å². The highest BCUT2D eigenvalue weighted by Crippen LogP contribution is 2.17. The van der Waals surface area contributed by atoms with Gasteiger partial charge in [-0.3, -0.25) is 4.79 Å². The summed E-state index contributed by atoms with van der Waals surface area (Å²) < 4.78 is 40.7. The van der Waals surface area contributed by atoms with Crippen LogP contribution in [0, 0.1) is 0 Å². The van der Waals surface area contributed by atoms with Crippen molar-refractivity contribution in [2.45, 2.75) is 19.6 Å². The van der Waals surface area contributed by atoms with E-state index in [1.807, 2.05) is 13.0 Å². The van der Waals surface area contributed by atoms with Gasteiger partial charge in [-0.2, -0.15) is 13.2 Å². The molecule has 0 atom stereocenters. The normalized spacial score (nSPS) is 11.0. The second-order valence-electron chi connectivity index (χ2n) is 5.05. The first-order chi connectivity index (χ1) is 11.9. The zero-order valence-corrected chi connectivity index (χ0v) is 13.4. The third kappa shape index (κ3) is 6.28. The Hall–Kier alpha value is -2.84. The van der Waals surface area contributed by atoms with Crippen molar-refractivity contribution in [3.05, 3.63) is 47.8 Å². The van der Waals surface area contributed by atoms with Crippen LogP contribution in [0.5, 0.6) is 5.88 Å². The number of pyridine rings is 2. The van der Waals surface area contributed by atoms with Crippen LogP contribution >= 0.6 is 0 Å². The summed E-state index contributed by atoms with van der Waals surface area (Å²) in [7, 11) is 0. The molecule has 0 spiro atoms. The van der Waals surface area contributed by atoms with Crippen LogP contribution < -0.4 is 15.4 Å². The lowest BCUT2D eigenvalue weighted by Gasteiger charge is -2.09. The van der Waals surface area contributed by atoms with Gasteiger partial charge in [0.2, 0.25) is 5.88 Å². The Kier molecular flexibility index (Phi) is 6.15. The van der Waals surface area contributed by atoms with E-state index in [2.05, 4.69) is 25.3 Å². The van der Waals surface area contributed by atoms with E-state index in [4.69, 9.17) is 0 Å². The van der Waals surface area contributed by atoms with Gasteiger partial charge in [-0.1, -0.05) is 0 Å². The molecule has 9 heteroatoms. The van der Waals surface area contributed by atoms with Crippen molar-refractivity contribution in [1.82, 2.24) is 15.3 Å². The molecule has 2 N–H and O–H groups in total. The van der Waals surface area contributed by atoms with Gasteiger partial charge in [0.05, 0.1) is 5.56 Å². The fraction of sp³-hybridized carbons (Fsp3) is 0.312. The van der Waals surface area contributed by atoms with Gasteiger partial charge in [-0.05, 0) is 30.7 Å². The number of nitrogens with one attached hydrogen (secondary N) is 2. The number of aromatic nitrogens is 2. The number of carbonyl (C=O) groups excluding carboxylic acids is 1. The van der Waals surface area contributed by atoms with Gasteiger partial charge >= 0.3 is 6.18 Å².